The Labute approximate surface area is 107 Å². The molecule has 0 saturated carbocycles. The lowest BCUT2D eigenvalue weighted by molar-refractivity contribution is -0.156. The van der Waals surface area contributed by atoms with Crippen molar-refractivity contribution < 1.29 is 23.8 Å². The van der Waals surface area contributed by atoms with Crippen LogP contribution in [0.4, 0.5) is 0 Å². The number of hydrogen-bond acceptors (Lipinski definition) is 5. The Bertz CT molecular complexity index is 285. The molecule has 0 fully saturated rings. The van der Waals surface area contributed by atoms with E-state index in [2.05, 4.69) is 13.2 Å². The second kappa shape index (κ2) is 10.5. The SMILES string of the molecule is C=CC(=O)OCC(COCCCC)OC(=O)C=C. The van der Waals surface area contributed by atoms with Crippen molar-refractivity contribution in [3.05, 3.63) is 25.3 Å². The summed E-state index contributed by atoms with van der Waals surface area (Å²) in [5, 5.41) is 0. The minimum atomic E-state index is -0.628. The van der Waals surface area contributed by atoms with Crippen LogP contribution in [-0.2, 0) is 23.8 Å². The molecule has 0 aromatic rings. The third-order valence-electron chi connectivity index (χ3n) is 1.97. The minimum absolute atomic E-state index is 0.0590. The Morgan fingerprint density at radius 1 is 1.17 bits per heavy atom. The van der Waals surface area contributed by atoms with Gasteiger partial charge < -0.3 is 14.2 Å². The normalized spacial score (nSPS) is 11.4. The molecule has 102 valence electrons. The molecule has 1 atom stereocenters. The first-order valence-electron chi connectivity index (χ1n) is 5.84. The smallest absolute Gasteiger partial charge is 0.330 e. The Morgan fingerprint density at radius 3 is 2.39 bits per heavy atom. The molecule has 0 aliphatic heterocycles. The van der Waals surface area contributed by atoms with Crippen LogP contribution in [0.15, 0.2) is 25.3 Å². The average molecular weight is 256 g/mol. The Hall–Kier alpha value is -1.62. The van der Waals surface area contributed by atoms with Crippen LogP contribution in [0.1, 0.15) is 19.8 Å². The molecule has 1 unspecified atom stereocenters. The van der Waals surface area contributed by atoms with Gasteiger partial charge in [0.2, 0.25) is 0 Å². The molecule has 0 aromatic carbocycles. The van der Waals surface area contributed by atoms with Crippen LogP contribution in [0.3, 0.4) is 0 Å². The van der Waals surface area contributed by atoms with E-state index in [1.807, 2.05) is 6.92 Å². The summed E-state index contributed by atoms with van der Waals surface area (Å²) >= 11 is 0. The van der Waals surface area contributed by atoms with Crippen molar-refractivity contribution in [3.63, 3.8) is 0 Å². The number of hydrogen-bond donors (Lipinski definition) is 0. The van der Waals surface area contributed by atoms with Gasteiger partial charge in [0.15, 0.2) is 6.10 Å². The van der Waals surface area contributed by atoms with Crippen LogP contribution < -0.4 is 0 Å². The van der Waals surface area contributed by atoms with Gasteiger partial charge in [0.05, 0.1) is 6.61 Å². The molecular formula is C13H20O5. The molecule has 0 aliphatic rings. The molecule has 5 nitrogen and oxygen atoms in total. The van der Waals surface area contributed by atoms with Crippen molar-refractivity contribution in [2.75, 3.05) is 19.8 Å². The standard InChI is InChI=1S/C13H20O5/c1-4-7-8-16-9-11(18-13(15)6-3)10-17-12(14)5-2/h5-6,11H,2-4,7-10H2,1H3. The average Bonchev–Trinajstić information content (AvgIpc) is 2.39. The number of esters is 2. The molecule has 0 rings (SSSR count). The summed E-state index contributed by atoms with van der Waals surface area (Å²) in [6.45, 7) is 9.32. The van der Waals surface area contributed by atoms with Crippen molar-refractivity contribution in [1.29, 1.82) is 0 Å². The quantitative estimate of drug-likeness (QED) is 0.338. The molecule has 0 N–H and O–H groups in total. The summed E-state index contributed by atoms with van der Waals surface area (Å²) in [4.78, 5) is 22.0. The first kappa shape index (κ1) is 16.4. The summed E-state index contributed by atoms with van der Waals surface area (Å²) in [5.41, 5.74) is 0. The molecule has 0 amide bonds. The summed E-state index contributed by atoms with van der Waals surface area (Å²) in [7, 11) is 0. The highest BCUT2D eigenvalue weighted by Gasteiger charge is 2.15. The van der Waals surface area contributed by atoms with Crippen molar-refractivity contribution in [2.24, 2.45) is 0 Å². The molecule has 0 heterocycles. The highest BCUT2D eigenvalue weighted by Crippen LogP contribution is 1.99. The zero-order valence-electron chi connectivity index (χ0n) is 10.7. The van der Waals surface area contributed by atoms with Crippen molar-refractivity contribution in [1.82, 2.24) is 0 Å². The fraction of sp³-hybridized carbons (Fsp3) is 0.538. The van der Waals surface area contributed by atoms with E-state index >= 15 is 0 Å². The van der Waals surface area contributed by atoms with Crippen LogP contribution in [0, 0.1) is 0 Å². The summed E-state index contributed by atoms with van der Waals surface area (Å²) < 4.78 is 15.1. The fourth-order valence-electron chi connectivity index (χ4n) is 1.02. The third-order valence-corrected chi connectivity index (χ3v) is 1.97. The molecule has 0 bridgehead atoms. The van der Waals surface area contributed by atoms with Crippen molar-refractivity contribution >= 4 is 11.9 Å². The van der Waals surface area contributed by atoms with Crippen LogP contribution in [0.25, 0.3) is 0 Å². The van der Waals surface area contributed by atoms with Gasteiger partial charge in [0, 0.05) is 18.8 Å². The van der Waals surface area contributed by atoms with Crippen LogP contribution in [0.2, 0.25) is 0 Å². The van der Waals surface area contributed by atoms with Gasteiger partial charge in [-0.1, -0.05) is 26.5 Å². The first-order chi connectivity index (χ1) is 8.63. The van der Waals surface area contributed by atoms with Gasteiger partial charge in [0.25, 0.3) is 0 Å². The maximum Gasteiger partial charge on any atom is 0.330 e. The lowest BCUT2D eigenvalue weighted by Gasteiger charge is -2.16. The van der Waals surface area contributed by atoms with E-state index in [9.17, 15) is 9.59 Å². The van der Waals surface area contributed by atoms with E-state index in [4.69, 9.17) is 14.2 Å². The number of unbranched alkanes of at least 4 members (excludes halogenated alkanes) is 1. The van der Waals surface area contributed by atoms with Gasteiger partial charge >= 0.3 is 11.9 Å². The monoisotopic (exact) mass is 256 g/mol. The van der Waals surface area contributed by atoms with E-state index in [0.29, 0.717) is 6.61 Å². The lowest BCUT2D eigenvalue weighted by Crippen LogP contribution is -2.29. The fourth-order valence-corrected chi connectivity index (χ4v) is 1.02. The van der Waals surface area contributed by atoms with Gasteiger partial charge in [-0.25, -0.2) is 9.59 Å². The van der Waals surface area contributed by atoms with Gasteiger partial charge in [-0.2, -0.15) is 0 Å². The first-order valence-corrected chi connectivity index (χ1v) is 5.84. The highest BCUT2D eigenvalue weighted by atomic mass is 16.6. The zero-order chi connectivity index (χ0) is 13.8. The number of rotatable bonds is 10. The van der Waals surface area contributed by atoms with Gasteiger partial charge in [0.1, 0.15) is 6.61 Å². The predicted octanol–water partition coefficient (Wildman–Crippen LogP) is 1.63. The predicted molar refractivity (Wildman–Crippen MR) is 67.0 cm³/mol. The highest BCUT2D eigenvalue weighted by molar-refractivity contribution is 5.82. The molecule has 0 spiro atoms. The number of carbonyl (C=O) groups excluding carboxylic acids is 2. The molecule has 0 aromatic heterocycles. The van der Waals surface area contributed by atoms with E-state index < -0.39 is 18.0 Å². The van der Waals surface area contributed by atoms with Crippen LogP contribution >= 0.6 is 0 Å². The second-order valence-electron chi connectivity index (χ2n) is 3.53. The molecular weight excluding hydrogens is 236 g/mol. The van der Waals surface area contributed by atoms with Gasteiger partial charge in [-0.05, 0) is 6.42 Å². The van der Waals surface area contributed by atoms with Gasteiger partial charge in [-0.3, -0.25) is 0 Å². The Balaban J connectivity index is 4.06. The summed E-state index contributed by atoms with van der Waals surface area (Å²) in [6, 6.07) is 0. The molecule has 18 heavy (non-hydrogen) atoms. The minimum Gasteiger partial charge on any atom is -0.458 e. The third kappa shape index (κ3) is 8.52. The topological polar surface area (TPSA) is 61.8 Å². The van der Waals surface area contributed by atoms with Crippen LogP contribution in [0.5, 0.6) is 0 Å². The van der Waals surface area contributed by atoms with E-state index in [1.54, 1.807) is 0 Å². The summed E-state index contributed by atoms with van der Waals surface area (Å²) in [6.07, 6.45) is 3.41. The zero-order valence-corrected chi connectivity index (χ0v) is 10.7. The Morgan fingerprint density at radius 2 is 1.83 bits per heavy atom. The van der Waals surface area contributed by atoms with E-state index in [1.165, 1.54) is 0 Å². The molecule has 0 saturated heterocycles. The molecule has 5 heteroatoms. The van der Waals surface area contributed by atoms with Crippen molar-refractivity contribution in [3.8, 4) is 0 Å². The van der Waals surface area contributed by atoms with Crippen LogP contribution in [-0.4, -0.2) is 37.9 Å². The van der Waals surface area contributed by atoms with Gasteiger partial charge in [-0.15, -0.1) is 0 Å². The van der Waals surface area contributed by atoms with E-state index in [0.717, 1.165) is 25.0 Å². The molecule has 0 aliphatic carbocycles. The second-order valence-corrected chi connectivity index (χ2v) is 3.53. The number of carbonyl (C=O) groups is 2. The lowest BCUT2D eigenvalue weighted by atomic mass is 10.3. The van der Waals surface area contributed by atoms with E-state index in [-0.39, 0.29) is 13.2 Å². The number of ether oxygens (including phenoxy) is 3. The van der Waals surface area contributed by atoms with Crippen molar-refractivity contribution in [2.45, 2.75) is 25.9 Å². The maximum atomic E-state index is 11.1. The Kier molecular flexibility index (Phi) is 9.58. The molecule has 0 radical (unpaired) electrons. The maximum absolute atomic E-state index is 11.1. The largest absolute Gasteiger partial charge is 0.458 e. The summed E-state index contributed by atoms with van der Waals surface area (Å²) in [5.74, 6) is -1.14.